The number of nitrogens with zero attached hydrogens (tertiary/aromatic N) is 1. The molecule has 1 aromatic carbocycles. The molecule has 0 aliphatic rings. The number of ether oxygens (including phenoxy) is 1. The van der Waals surface area contributed by atoms with Crippen LogP contribution in [0.4, 0.5) is 0 Å². The van der Waals surface area contributed by atoms with Gasteiger partial charge in [0.15, 0.2) is 8.32 Å². The summed E-state index contributed by atoms with van der Waals surface area (Å²) in [7, 11) is -1.76. The van der Waals surface area contributed by atoms with Crippen molar-refractivity contribution in [1.29, 1.82) is 0 Å². The van der Waals surface area contributed by atoms with Crippen LogP contribution in [0.2, 0.25) is 18.1 Å². The Morgan fingerprint density at radius 2 is 1.73 bits per heavy atom. The number of benzene rings is 1. The van der Waals surface area contributed by atoms with Crippen LogP contribution in [0.15, 0.2) is 39.9 Å². The summed E-state index contributed by atoms with van der Waals surface area (Å²) in [4.78, 5) is 27.2. The van der Waals surface area contributed by atoms with Crippen LogP contribution in [-0.4, -0.2) is 31.1 Å². The third-order valence-corrected chi connectivity index (χ3v) is 10.4. The summed E-state index contributed by atoms with van der Waals surface area (Å²) in [5.41, 5.74) is 1.65. The molecule has 0 saturated carbocycles. The molecule has 166 valence electrons. The van der Waals surface area contributed by atoms with Gasteiger partial charge in [-0.1, -0.05) is 58.0 Å². The van der Waals surface area contributed by atoms with Crippen LogP contribution >= 0.6 is 0 Å². The monoisotopic (exact) mass is 432 g/mol. The Morgan fingerprint density at radius 3 is 2.33 bits per heavy atom. The van der Waals surface area contributed by atoms with Crippen LogP contribution in [0, 0.1) is 0 Å². The Kier molecular flexibility index (Phi) is 8.40. The SMILES string of the molecule is CCc1c(Cc2ccccc2)n(COCCCO[Si](C)(C)C(C)(C)C)c(=O)[nH]c1=O. The number of hydrogen-bond acceptors (Lipinski definition) is 4. The molecule has 0 spiro atoms. The van der Waals surface area contributed by atoms with E-state index in [0.29, 0.717) is 31.6 Å². The third-order valence-electron chi connectivity index (χ3n) is 5.90. The molecule has 0 saturated heterocycles. The molecule has 2 rings (SSSR count). The molecule has 0 radical (unpaired) electrons. The summed E-state index contributed by atoms with van der Waals surface area (Å²) in [6.45, 7) is 14.3. The number of aromatic nitrogens is 2. The molecule has 1 aromatic heterocycles. The Hall–Kier alpha value is -1.96. The van der Waals surface area contributed by atoms with E-state index in [1.807, 2.05) is 37.3 Å². The second-order valence-corrected chi connectivity index (χ2v) is 13.9. The molecule has 0 atom stereocenters. The van der Waals surface area contributed by atoms with Crippen molar-refractivity contribution >= 4 is 8.32 Å². The van der Waals surface area contributed by atoms with Crippen molar-refractivity contribution < 1.29 is 9.16 Å². The number of rotatable bonds is 10. The molecular weight excluding hydrogens is 396 g/mol. The lowest BCUT2D eigenvalue weighted by molar-refractivity contribution is 0.0619. The van der Waals surface area contributed by atoms with Gasteiger partial charge in [-0.05, 0) is 36.5 Å². The zero-order valence-electron chi connectivity index (χ0n) is 19.2. The van der Waals surface area contributed by atoms with Crippen molar-refractivity contribution in [2.45, 2.75) is 71.8 Å². The van der Waals surface area contributed by atoms with Crippen LogP contribution in [0.1, 0.15) is 50.9 Å². The molecule has 0 aliphatic carbocycles. The first-order valence-electron chi connectivity index (χ1n) is 10.7. The molecule has 0 amide bonds. The maximum atomic E-state index is 12.5. The fourth-order valence-corrected chi connectivity index (χ4v) is 4.10. The summed E-state index contributed by atoms with van der Waals surface area (Å²) in [6.07, 6.45) is 1.83. The lowest BCUT2D eigenvalue weighted by Crippen LogP contribution is -2.41. The van der Waals surface area contributed by atoms with Gasteiger partial charge in [0, 0.05) is 24.3 Å². The Morgan fingerprint density at radius 1 is 1.07 bits per heavy atom. The van der Waals surface area contributed by atoms with Gasteiger partial charge < -0.3 is 9.16 Å². The summed E-state index contributed by atoms with van der Waals surface area (Å²) in [5.74, 6) is 0. The van der Waals surface area contributed by atoms with E-state index in [0.717, 1.165) is 17.7 Å². The Balaban J connectivity index is 2.05. The van der Waals surface area contributed by atoms with E-state index >= 15 is 0 Å². The molecule has 2 aromatic rings. The number of nitrogens with one attached hydrogen (secondary N) is 1. The first-order valence-corrected chi connectivity index (χ1v) is 13.6. The maximum Gasteiger partial charge on any atom is 0.330 e. The van der Waals surface area contributed by atoms with Crippen molar-refractivity contribution in [3.63, 3.8) is 0 Å². The summed E-state index contributed by atoms with van der Waals surface area (Å²) in [6, 6.07) is 9.85. The van der Waals surface area contributed by atoms with Gasteiger partial charge in [-0.15, -0.1) is 0 Å². The number of hydrogen-bond donors (Lipinski definition) is 1. The highest BCUT2D eigenvalue weighted by Gasteiger charge is 2.36. The molecule has 0 unspecified atom stereocenters. The van der Waals surface area contributed by atoms with Crippen molar-refractivity contribution in [2.75, 3.05) is 13.2 Å². The zero-order valence-corrected chi connectivity index (χ0v) is 20.2. The third kappa shape index (κ3) is 6.27. The highest BCUT2D eigenvalue weighted by molar-refractivity contribution is 6.74. The van der Waals surface area contributed by atoms with Crippen LogP contribution < -0.4 is 11.2 Å². The van der Waals surface area contributed by atoms with Gasteiger partial charge in [0.1, 0.15) is 6.73 Å². The second kappa shape index (κ2) is 10.4. The fraction of sp³-hybridized carbons (Fsp3) is 0.565. The molecular formula is C23H36N2O4Si. The minimum Gasteiger partial charge on any atom is -0.417 e. The minimum atomic E-state index is -1.76. The van der Waals surface area contributed by atoms with Crippen LogP contribution in [0.25, 0.3) is 0 Å². The van der Waals surface area contributed by atoms with Crippen molar-refractivity contribution in [3.05, 3.63) is 68.0 Å². The standard InChI is InChI=1S/C23H36N2O4Si/c1-7-19-20(16-18-12-9-8-10-13-18)25(22(27)24-21(19)26)17-28-14-11-15-29-30(5,6)23(2,3)4/h8-10,12-13H,7,11,14-17H2,1-6H3,(H,24,26,27). The Labute approximate surface area is 180 Å². The van der Waals surface area contributed by atoms with Crippen LogP contribution in [0.5, 0.6) is 0 Å². The molecule has 1 heterocycles. The Bertz CT molecular complexity index is 927. The van der Waals surface area contributed by atoms with Crippen molar-refractivity contribution in [2.24, 2.45) is 0 Å². The second-order valence-electron chi connectivity index (χ2n) is 9.13. The molecule has 1 N–H and O–H groups in total. The molecule has 30 heavy (non-hydrogen) atoms. The van der Waals surface area contributed by atoms with Crippen LogP contribution in [0.3, 0.4) is 0 Å². The summed E-state index contributed by atoms with van der Waals surface area (Å²) >= 11 is 0. The summed E-state index contributed by atoms with van der Waals surface area (Å²) < 4.78 is 13.5. The average molecular weight is 433 g/mol. The highest BCUT2D eigenvalue weighted by Crippen LogP contribution is 2.36. The van der Waals surface area contributed by atoms with Gasteiger partial charge in [-0.25, -0.2) is 4.79 Å². The smallest absolute Gasteiger partial charge is 0.330 e. The predicted octanol–water partition coefficient (Wildman–Crippen LogP) is 4.08. The summed E-state index contributed by atoms with van der Waals surface area (Å²) in [5, 5.41) is 0.181. The van der Waals surface area contributed by atoms with Crippen LogP contribution in [-0.2, 0) is 28.7 Å². The van der Waals surface area contributed by atoms with Gasteiger partial charge >= 0.3 is 5.69 Å². The van der Waals surface area contributed by atoms with Gasteiger partial charge in [0.2, 0.25) is 0 Å². The molecule has 0 bridgehead atoms. The first kappa shape index (κ1) is 24.3. The predicted molar refractivity (Wildman–Crippen MR) is 124 cm³/mol. The van der Waals surface area contributed by atoms with Gasteiger partial charge in [-0.2, -0.15) is 0 Å². The number of H-pyrrole nitrogens is 1. The topological polar surface area (TPSA) is 73.3 Å². The van der Waals surface area contributed by atoms with Crippen molar-refractivity contribution in [3.8, 4) is 0 Å². The average Bonchev–Trinajstić information content (AvgIpc) is 2.66. The van der Waals surface area contributed by atoms with Gasteiger partial charge in [0.25, 0.3) is 5.56 Å². The molecule has 0 fully saturated rings. The fourth-order valence-electron chi connectivity index (χ4n) is 3.01. The molecule has 7 heteroatoms. The number of aromatic amines is 1. The van der Waals surface area contributed by atoms with E-state index in [9.17, 15) is 9.59 Å². The normalized spacial score (nSPS) is 12.3. The lowest BCUT2D eigenvalue weighted by atomic mass is 10.0. The first-order chi connectivity index (χ1) is 14.1. The van der Waals surface area contributed by atoms with E-state index in [-0.39, 0.29) is 17.3 Å². The van der Waals surface area contributed by atoms with E-state index in [1.165, 1.54) is 0 Å². The van der Waals surface area contributed by atoms with E-state index < -0.39 is 14.0 Å². The maximum absolute atomic E-state index is 12.5. The minimum absolute atomic E-state index is 0.116. The van der Waals surface area contributed by atoms with Crippen molar-refractivity contribution in [1.82, 2.24) is 9.55 Å². The highest BCUT2D eigenvalue weighted by atomic mass is 28.4. The lowest BCUT2D eigenvalue weighted by Gasteiger charge is -2.36. The molecule has 6 nitrogen and oxygen atoms in total. The molecule has 0 aliphatic heterocycles. The van der Waals surface area contributed by atoms with E-state index in [4.69, 9.17) is 9.16 Å². The zero-order chi connectivity index (χ0) is 22.4. The quantitative estimate of drug-likeness (QED) is 0.454. The van der Waals surface area contributed by atoms with E-state index in [1.54, 1.807) is 4.57 Å². The van der Waals surface area contributed by atoms with Gasteiger partial charge in [0.05, 0.1) is 6.61 Å². The largest absolute Gasteiger partial charge is 0.417 e. The van der Waals surface area contributed by atoms with E-state index in [2.05, 4.69) is 38.8 Å². The van der Waals surface area contributed by atoms with Gasteiger partial charge in [-0.3, -0.25) is 14.3 Å².